The van der Waals surface area contributed by atoms with Crippen molar-refractivity contribution < 1.29 is 4.79 Å². The Labute approximate surface area is 215 Å². The van der Waals surface area contributed by atoms with Gasteiger partial charge in [0.05, 0.1) is 22.5 Å². The van der Waals surface area contributed by atoms with Crippen molar-refractivity contribution in [2.75, 3.05) is 13.1 Å². The SMILES string of the molecule is O=C(NC1CC1)c1ccccc1Sc1ccc2c(/C=C/c3cc(CN4CCCC4)ccn3)n[nH]c2c1. The number of H-pyrrole nitrogens is 1. The number of aromatic nitrogens is 3. The van der Waals surface area contributed by atoms with Gasteiger partial charge in [0.15, 0.2) is 0 Å². The number of hydrogen-bond acceptors (Lipinski definition) is 5. The average Bonchev–Trinajstić information content (AvgIpc) is 3.39. The quantitative estimate of drug-likeness (QED) is 0.325. The van der Waals surface area contributed by atoms with Gasteiger partial charge in [-0.25, -0.2) is 0 Å². The Morgan fingerprint density at radius 2 is 1.94 bits per heavy atom. The largest absolute Gasteiger partial charge is 0.349 e. The molecule has 182 valence electrons. The van der Waals surface area contributed by atoms with Crippen LogP contribution in [0.3, 0.4) is 0 Å². The Hall–Kier alpha value is -3.42. The fourth-order valence-corrected chi connectivity index (χ4v) is 5.60. The van der Waals surface area contributed by atoms with E-state index in [-0.39, 0.29) is 5.91 Å². The van der Waals surface area contributed by atoms with Crippen LogP contribution in [0.25, 0.3) is 23.1 Å². The monoisotopic (exact) mass is 495 g/mol. The van der Waals surface area contributed by atoms with Crippen molar-refractivity contribution in [3.63, 3.8) is 0 Å². The normalized spacial score (nSPS) is 16.2. The molecule has 0 bridgehead atoms. The van der Waals surface area contributed by atoms with Crippen LogP contribution in [0.1, 0.15) is 53.0 Å². The molecule has 0 unspecified atom stereocenters. The van der Waals surface area contributed by atoms with Gasteiger partial charge in [0.2, 0.25) is 0 Å². The Morgan fingerprint density at radius 3 is 2.81 bits per heavy atom. The predicted octanol–water partition coefficient (Wildman–Crippen LogP) is 5.77. The number of hydrogen-bond donors (Lipinski definition) is 2. The number of rotatable bonds is 8. The maximum absolute atomic E-state index is 12.7. The summed E-state index contributed by atoms with van der Waals surface area (Å²) in [6.07, 6.45) is 10.7. The molecule has 1 aliphatic heterocycles. The number of nitrogens with zero attached hydrogens (tertiary/aromatic N) is 3. The molecule has 7 heteroatoms. The molecule has 4 aromatic rings. The lowest BCUT2D eigenvalue weighted by molar-refractivity contribution is 0.0948. The van der Waals surface area contributed by atoms with E-state index < -0.39 is 0 Å². The second kappa shape index (κ2) is 10.3. The van der Waals surface area contributed by atoms with Crippen molar-refractivity contribution in [3.05, 3.63) is 83.3 Å². The summed E-state index contributed by atoms with van der Waals surface area (Å²) in [5, 5.41) is 11.8. The minimum absolute atomic E-state index is 0.00810. The summed E-state index contributed by atoms with van der Waals surface area (Å²) in [7, 11) is 0. The lowest BCUT2D eigenvalue weighted by Crippen LogP contribution is -2.25. The molecular weight excluding hydrogens is 466 g/mol. The maximum atomic E-state index is 12.7. The smallest absolute Gasteiger partial charge is 0.252 e. The van der Waals surface area contributed by atoms with E-state index in [1.165, 1.54) is 31.5 Å². The van der Waals surface area contributed by atoms with E-state index in [2.05, 4.69) is 55.7 Å². The van der Waals surface area contributed by atoms with E-state index in [9.17, 15) is 4.79 Å². The van der Waals surface area contributed by atoms with Gasteiger partial charge in [-0.3, -0.25) is 19.8 Å². The second-order valence-electron chi connectivity index (χ2n) is 9.57. The van der Waals surface area contributed by atoms with E-state index in [4.69, 9.17) is 0 Å². The van der Waals surface area contributed by atoms with E-state index >= 15 is 0 Å². The van der Waals surface area contributed by atoms with Crippen molar-refractivity contribution >= 4 is 40.7 Å². The number of likely N-dealkylation sites (tertiary alicyclic amines) is 1. The molecule has 2 aliphatic rings. The third kappa shape index (κ3) is 5.37. The molecular formula is C29H29N5OS. The van der Waals surface area contributed by atoms with Gasteiger partial charge in [-0.05, 0) is 99.0 Å². The number of carbonyl (C=O) groups excluding carboxylic acids is 1. The molecule has 36 heavy (non-hydrogen) atoms. The molecule has 0 spiro atoms. The Kier molecular flexibility index (Phi) is 6.57. The minimum atomic E-state index is 0.00810. The summed E-state index contributed by atoms with van der Waals surface area (Å²) in [5.41, 5.74) is 4.82. The molecule has 1 saturated carbocycles. The van der Waals surface area contributed by atoms with Gasteiger partial charge in [-0.15, -0.1) is 0 Å². The first-order valence-corrected chi connectivity index (χ1v) is 13.4. The molecule has 3 heterocycles. The van der Waals surface area contributed by atoms with Gasteiger partial charge >= 0.3 is 0 Å². The summed E-state index contributed by atoms with van der Waals surface area (Å²) in [6.45, 7) is 3.36. The zero-order valence-corrected chi connectivity index (χ0v) is 20.9. The van der Waals surface area contributed by atoms with Gasteiger partial charge in [0.25, 0.3) is 5.91 Å². The van der Waals surface area contributed by atoms with Crippen molar-refractivity contribution in [3.8, 4) is 0 Å². The molecule has 2 N–H and O–H groups in total. The van der Waals surface area contributed by atoms with Crippen molar-refractivity contribution in [1.82, 2.24) is 25.4 Å². The highest BCUT2D eigenvalue weighted by molar-refractivity contribution is 7.99. The minimum Gasteiger partial charge on any atom is -0.349 e. The Morgan fingerprint density at radius 1 is 1.08 bits per heavy atom. The highest BCUT2D eigenvalue weighted by Crippen LogP contribution is 2.33. The third-order valence-corrected chi connectivity index (χ3v) is 7.76. The van der Waals surface area contributed by atoms with Crippen LogP contribution in [0.5, 0.6) is 0 Å². The summed E-state index contributed by atoms with van der Waals surface area (Å²) < 4.78 is 0. The molecule has 1 amide bonds. The van der Waals surface area contributed by atoms with Gasteiger partial charge in [0, 0.05) is 34.0 Å². The summed E-state index contributed by atoms with van der Waals surface area (Å²) in [6, 6.07) is 18.7. The number of fused-ring (bicyclic) bond motifs is 1. The molecule has 1 saturated heterocycles. The number of benzene rings is 2. The van der Waals surface area contributed by atoms with Crippen LogP contribution >= 0.6 is 11.8 Å². The molecule has 0 radical (unpaired) electrons. The van der Waals surface area contributed by atoms with Crippen LogP contribution in [0.4, 0.5) is 0 Å². The maximum Gasteiger partial charge on any atom is 0.252 e. The van der Waals surface area contributed by atoms with Gasteiger partial charge in [0.1, 0.15) is 0 Å². The fraction of sp³-hybridized carbons (Fsp3) is 0.276. The summed E-state index contributed by atoms with van der Waals surface area (Å²) in [5.74, 6) is 0.00810. The topological polar surface area (TPSA) is 73.9 Å². The van der Waals surface area contributed by atoms with Gasteiger partial charge in [-0.1, -0.05) is 23.9 Å². The highest BCUT2D eigenvalue weighted by Gasteiger charge is 2.25. The first-order chi connectivity index (χ1) is 17.7. The number of aromatic amines is 1. The lowest BCUT2D eigenvalue weighted by atomic mass is 10.1. The van der Waals surface area contributed by atoms with E-state index in [1.807, 2.05) is 42.6 Å². The Bertz CT molecular complexity index is 1420. The first kappa shape index (κ1) is 23.0. The van der Waals surface area contributed by atoms with Crippen LogP contribution in [0, 0.1) is 0 Å². The Balaban J connectivity index is 1.17. The second-order valence-corrected chi connectivity index (χ2v) is 10.7. The van der Waals surface area contributed by atoms with Crippen LogP contribution in [-0.4, -0.2) is 45.1 Å². The van der Waals surface area contributed by atoms with Crippen LogP contribution < -0.4 is 5.32 Å². The molecule has 2 aromatic carbocycles. The number of carbonyl (C=O) groups is 1. The standard InChI is InChI=1S/C29H29N5OS/c35-29(31-21-7-8-21)25-5-1-2-6-28(25)36-23-10-11-24-26(32-33-27(24)18-23)12-9-22-17-20(13-14-30-22)19-34-15-3-4-16-34/h1-2,5-6,9-14,17-18,21H,3-4,7-8,15-16,19H2,(H,31,35)(H,32,33)/b12-9+. The first-order valence-electron chi connectivity index (χ1n) is 12.6. The zero-order chi connectivity index (χ0) is 24.3. The van der Waals surface area contributed by atoms with E-state index in [0.29, 0.717) is 6.04 Å². The number of nitrogens with one attached hydrogen (secondary N) is 2. The summed E-state index contributed by atoms with van der Waals surface area (Å²) >= 11 is 1.60. The van der Waals surface area contributed by atoms with Crippen molar-refractivity contribution in [2.45, 2.75) is 48.1 Å². The third-order valence-electron chi connectivity index (χ3n) is 6.70. The van der Waals surface area contributed by atoms with Crippen molar-refractivity contribution in [1.29, 1.82) is 0 Å². The predicted molar refractivity (Wildman–Crippen MR) is 145 cm³/mol. The van der Waals surface area contributed by atoms with Crippen molar-refractivity contribution in [2.24, 2.45) is 0 Å². The van der Waals surface area contributed by atoms with E-state index in [1.54, 1.807) is 11.8 Å². The number of pyridine rings is 1. The number of amides is 1. The average molecular weight is 496 g/mol. The lowest BCUT2D eigenvalue weighted by Gasteiger charge is -2.14. The van der Waals surface area contributed by atoms with Crippen LogP contribution in [0.15, 0.2) is 70.6 Å². The molecule has 2 aromatic heterocycles. The fourth-order valence-electron chi connectivity index (χ4n) is 4.62. The molecule has 6 rings (SSSR count). The highest BCUT2D eigenvalue weighted by atomic mass is 32.2. The zero-order valence-electron chi connectivity index (χ0n) is 20.1. The van der Waals surface area contributed by atoms with Crippen LogP contribution in [-0.2, 0) is 6.54 Å². The van der Waals surface area contributed by atoms with Gasteiger partial charge < -0.3 is 5.32 Å². The molecule has 2 fully saturated rings. The summed E-state index contributed by atoms with van der Waals surface area (Å²) in [4.78, 5) is 21.7. The van der Waals surface area contributed by atoms with Gasteiger partial charge in [-0.2, -0.15) is 5.10 Å². The molecule has 1 aliphatic carbocycles. The van der Waals surface area contributed by atoms with E-state index in [0.717, 1.165) is 57.0 Å². The molecule has 0 atom stereocenters. The molecule has 6 nitrogen and oxygen atoms in total. The van der Waals surface area contributed by atoms with Crippen LogP contribution in [0.2, 0.25) is 0 Å².